The first kappa shape index (κ1) is 16.7. The van der Waals surface area contributed by atoms with Crippen molar-refractivity contribution in [3.05, 3.63) is 53.9 Å². The van der Waals surface area contributed by atoms with Gasteiger partial charge in [0.05, 0.1) is 10.2 Å². The Balaban J connectivity index is 1.28. The molecule has 4 aliphatic rings. The molecule has 4 fully saturated rings. The summed E-state index contributed by atoms with van der Waals surface area (Å²) in [6, 6.07) is 11.8. The predicted octanol–water partition coefficient (Wildman–Crippen LogP) is 5.41. The number of rotatable bonds is 3. The molecule has 0 saturated heterocycles. The van der Waals surface area contributed by atoms with Crippen LogP contribution in [0.4, 0.5) is 5.13 Å². The number of amides is 1. The third kappa shape index (κ3) is 2.67. The molecule has 0 unspecified atom stereocenters. The van der Waals surface area contributed by atoms with E-state index in [-0.39, 0.29) is 11.3 Å². The van der Waals surface area contributed by atoms with Gasteiger partial charge >= 0.3 is 0 Å². The number of hydrogen-bond donors (Lipinski definition) is 1. The highest BCUT2D eigenvalue weighted by atomic mass is 32.1. The molecule has 3 aromatic rings. The van der Waals surface area contributed by atoms with Crippen LogP contribution in [0, 0.1) is 17.8 Å². The van der Waals surface area contributed by atoms with Crippen LogP contribution < -0.4 is 5.32 Å². The Morgan fingerprint density at radius 3 is 2.46 bits per heavy atom. The van der Waals surface area contributed by atoms with Crippen LogP contribution in [0.2, 0.25) is 0 Å². The summed E-state index contributed by atoms with van der Waals surface area (Å²) in [5.41, 5.74) is 2.97. The highest BCUT2D eigenvalue weighted by Crippen LogP contribution is 2.60. The Bertz CT molecular complexity index is 1000. The van der Waals surface area contributed by atoms with E-state index in [1.807, 2.05) is 36.5 Å². The SMILES string of the molecule is O=C(Nc1nc2ccccc2s1)c1ccnc(C23CC4CC(CC(C4)C2)C3)c1. The topological polar surface area (TPSA) is 54.9 Å². The molecular formula is C23H23N3OS. The van der Waals surface area contributed by atoms with Crippen LogP contribution >= 0.6 is 11.3 Å². The van der Waals surface area contributed by atoms with E-state index in [0.717, 1.165) is 33.7 Å². The Labute approximate surface area is 168 Å². The quantitative estimate of drug-likeness (QED) is 0.651. The van der Waals surface area contributed by atoms with Gasteiger partial charge in [-0.05, 0) is 80.5 Å². The van der Waals surface area contributed by atoms with Crippen molar-refractivity contribution in [2.24, 2.45) is 17.8 Å². The smallest absolute Gasteiger partial charge is 0.257 e. The fourth-order valence-electron chi connectivity index (χ4n) is 6.38. The van der Waals surface area contributed by atoms with Gasteiger partial charge in [0.15, 0.2) is 5.13 Å². The molecular weight excluding hydrogens is 366 g/mol. The number of fused-ring (bicyclic) bond motifs is 1. The predicted molar refractivity (Wildman–Crippen MR) is 112 cm³/mol. The molecule has 1 aromatic carbocycles. The molecule has 28 heavy (non-hydrogen) atoms. The van der Waals surface area contributed by atoms with Gasteiger partial charge in [-0.15, -0.1) is 0 Å². The molecule has 2 heterocycles. The lowest BCUT2D eigenvalue weighted by molar-refractivity contribution is -0.00721. The number of carbonyl (C=O) groups excluding carboxylic acids is 1. The summed E-state index contributed by atoms with van der Waals surface area (Å²) >= 11 is 1.51. The zero-order chi connectivity index (χ0) is 18.7. The molecule has 1 amide bonds. The lowest BCUT2D eigenvalue weighted by Crippen LogP contribution is -2.49. The van der Waals surface area contributed by atoms with Gasteiger partial charge in [0.25, 0.3) is 5.91 Å². The van der Waals surface area contributed by atoms with Crippen molar-refractivity contribution in [2.45, 2.75) is 43.9 Å². The molecule has 4 saturated carbocycles. The van der Waals surface area contributed by atoms with Crippen LogP contribution in [0.1, 0.15) is 54.6 Å². The average molecular weight is 390 g/mol. The van der Waals surface area contributed by atoms with E-state index in [2.05, 4.69) is 16.4 Å². The standard InChI is InChI=1S/C23H23N3OS/c27-21(26-22-25-18-3-1-2-4-19(18)28-22)17-5-6-24-20(10-17)23-11-14-7-15(12-23)9-16(8-14)13-23/h1-6,10,14-16H,7-9,11-13H2,(H,25,26,27). The maximum atomic E-state index is 12.9. The van der Waals surface area contributed by atoms with Crippen molar-refractivity contribution in [3.63, 3.8) is 0 Å². The summed E-state index contributed by atoms with van der Waals surface area (Å²) in [7, 11) is 0. The van der Waals surface area contributed by atoms with Gasteiger partial charge in [0, 0.05) is 22.9 Å². The van der Waals surface area contributed by atoms with Gasteiger partial charge in [-0.2, -0.15) is 0 Å². The Hall–Kier alpha value is -2.27. The first-order valence-electron chi connectivity index (χ1n) is 10.3. The molecule has 0 radical (unpaired) electrons. The normalized spacial score (nSPS) is 30.6. The second-order valence-electron chi connectivity index (χ2n) is 9.07. The second kappa shape index (κ2) is 6.11. The molecule has 0 aliphatic heterocycles. The fourth-order valence-corrected chi connectivity index (χ4v) is 7.24. The van der Waals surface area contributed by atoms with Gasteiger partial charge in [0.2, 0.25) is 0 Å². The molecule has 0 spiro atoms. The Kier molecular flexibility index (Phi) is 3.64. The van der Waals surface area contributed by atoms with Crippen molar-refractivity contribution in [1.82, 2.24) is 9.97 Å². The minimum atomic E-state index is -0.0903. The highest BCUT2D eigenvalue weighted by molar-refractivity contribution is 7.22. The zero-order valence-electron chi connectivity index (χ0n) is 15.7. The average Bonchev–Trinajstić information content (AvgIpc) is 3.09. The maximum Gasteiger partial charge on any atom is 0.257 e. The van der Waals surface area contributed by atoms with Crippen molar-refractivity contribution >= 4 is 32.6 Å². The van der Waals surface area contributed by atoms with E-state index in [4.69, 9.17) is 4.98 Å². The number of nitrogens with one attached hydrogen (secondary N) is 1. The third-order valence-corrected chi connectivity index (χ3v) is 8.07. The second-order valence-corrected chi connectivity index (χ2v) is 10.1. The van der Waals surface area contributed by atoms with Crippen LogP contribution in [0.25, 0.3) is 10.2 Å². The zero-order valence-corrected chi connectivity index (χ0v) is 16.5. The minimum absolute atomic E-state index is 0.0903. The van der Waals surface area contributed by atoms with E-state index < -0.39 is 0 Å². The summed E-state index contributed by atoms with van der Waals surface area (Å²) in [6.45, 7) is 0. The van der Waals surface area contributed by atoms with Crippen LogP contribution in [0.3, 0.4) is 0 Å². The molecule has 5 heteroatoms. The van der Waals surface area contributed by atoms with Gasteiger partial charge in [0.1, 0.15) is 0 Å². The molecule has 2 aromatic heterocycles. The number of benzene rings is 1. The molecule has 142 valence electrons. The number of nitrogens with zero attached hydrogens (tertiary/aromatic N) is 2. The number of aromatic nitrogens is 2. The van der Waals surface area contributed by atoms with Gasteiger partial charge in [-0.1, -0.05) is 23.5 Å². The fraction of sp³-hybridized carbons (Fsp3) is 0.435. The molecule has 0 atom stereocenters. The maximum absolute atomic E-state index is 12.9. The van der Waals surface area contributed by atoms with Crippen LogP contribution in [0.15, 0.2) is 42.6 Å². The number of para-hydroxylation sites is 1. The van der Waals surface area contributed by atoms with Gasteiger partial charge in [-0.25, -0.2) is 4.98 Å². The lowest BCUT2D eigenvalue weighted by Gasteiger charge is -2.56. The highest BCUT2D eigenvalue weighted by Gasteiger charge is 2.52. The largest absolute Gasteiger partial charge is 0.298 e. The number of anilines is 1. The molecule has 4 aliphatic carbocycles. The van der Waals surface area contributed by atoms with Crippen molar-refractivity contribution < 1.29 is 4.79 Å². The Morgan fingerprint density at radius 1 is 1.04 bits per heavy atom. The summed E-state index contributed by atoms with van der Waals surface area (Å²) in [6.07, 6.45) is 9.84. The summed E-state index contributed by atoms with van der Waals surface area (Å²) < 4.78 is 1.08. The van der Waals surface area contributed by atoms with Crippen LogP contribution in [0.5, 0.6) is 0 Å². The third-order valence-electron chi connectivity index (χ3n) is 7.12. The van der Waals surface area contributed by atoms with Gasteiger partial charge < -0.3 is 0 Å². The summed E-state index contributed by atoms with van der Waals surface area (Å²) in [5, 5.41) is 3.64. The van der Waals surface area contributed by atoms with Crippen molar-refractivity contribution in [2.75, 3.05) is 5.32 Å². The van der Waals surface area contributed by atoms with E-state index in [1.54, 1.807) is 0 Å². The first-order chi connectivity index (χ1) is 13.7. The van der Waals surface area contributed by atoms with Crippen LogP contribution in [-0.2, 0) is 5.41 Å². The van der Waals surface area contributed by atoms with Gasteiger partial charge in [-0.3, -0.25) is 15.1 Å². The number of thiazole rings is 1. The van der Waals surface area contributed by atoms with E-state index in [0.29, 0.717) is 10.7 Å². The summed E-state index contributed by atoms with van der Waals surface area (Å²) in [4.78, 5) is 22.2. The molecule has 4 nitrogen and oxygen atoms in total. The van der Waals surface area contributed by atoms with Crippen molar-refractivity contribution in [3.8, 4) is 0 Å². The molecule has 4 bridgehead atoms. The minimum Gasteiger partial charge on any atom is -0.298 e. The number of carbonyl (C=O) groups is 1. The van der Waals surface area contributed by atoms with E-state index in [9.17, 15) is 4.79 Å². The number of pyridine rings is 1. The monoisotopic (exact) mass is 389 g/mol. The summed E-state index contributed by atoms with van der Waals surface area (Å²) in [5.74, 6) is 2.52. The van der Waals surface area contributed by atoms with E-state index >= 15 is 0 Å². The number of hydrogen-bond acceptors (Lipinski definition) is 4. The Morgan fingerprint density at radius 2 is 1.75 bits per heavy atom. The molecule has 7 rings (SSSR count). The van der Waals surface area contributed by atoms with Crippen molar-refractivity contribution in [1.29, 1.82) is 0 Å². The van der Waals surface area contributed by atoms with Crippen LogP contribution in [-0.4, -0.2) is 15.9 Å². The van der Waals surface area contributed by atoms with E-state index in [1.165, 1.54) is 49.9 Å². The first-order valence-corrected chi connectivity index (χ1v) is 11.1. The lowest BCUT2D eigenvalue weighted by atomic mass is 9.48. The molecule has 1 N–H and O–H groups in total.